The van der Waals surface area contributed by atoms with Gasteiger partial charge in [0.15, 0.2) is 0 Å². The maximum absolute atomic E-state index is 11.5. The molecule has 0 bridgehead atoms. The van der Waals surface area contributed by atoms with Gasteiger partial charge in [-0.1, -0.05) is 24.3 Å². The third kappa shape index (κ3) is 3.60. The highest BCUT2D eigenvalue weighted by atomic mass is 16.2. The molecule has 0 radical (unpaired) electrons. The van der Waals surface area contributed by atoms with Crippen molar-refractivity contribution in [2.24, 2.45) is 5.92 Å². The van der Waals surface area contributed by atoms with Crippen LogP contribution in [0.25, 0.3) is 0 Å². The molecule has 108 valence electrons. The molecule has 0 atom stereocenters. The average Bonchev–Trinajstić information content (AvgIpc) is 3.30. The van der Waals surface area contributed by atoms with Crippen molar-refractivity contribution in [3.63, 3.8) is 0 Å². The highest BCUT2D eigenvalue weighted by Gasteiger charge is 2.29. The first-order valence-electron chi connectivity index (χ1n) is 7.91. The molecule has 3 heteroatoms. The smallest absolute Gasteiger partial charge is 0.223 e. The second-order valence-electron chi connectivity index (χ2n) is 6.06. The standard InChI is InChI=1S/C17H24N2O/c20-17(15-5-6-15)19-12-11-18-16-9-7-13-3-1-2-4-14(13)8-10-16/h1-4,15-16,18H,5-12H2,(H,19,20). The van der Waals surface area contributed by atoms with Crippen LogP contribution in [0.2, 0.25) is 0 Å². The Hall–Kier alpha value is -1.35. The van der Waals surface area contributed by atoms with Gasteiger partial charge < -0.3 is 10.6 Å². The predicted octanol–water partition coefficient (Wildman–Crippen LogP) is 2.05. The third-order valence-electron chi connectivity index (χ3n) is 4.45. The zero-order chi connectivity index (χ0) is 13.8. The number of hydrogen-bond acceptors (Lipinski definition) is 2. The van der Waals surface area contributed by atoms with E-state index in [0.29, 0.717) is 12.0 Å². The first kappa shape index (κ1) is 13.6. The van der Waals surface area contributed by atoms with Crippen molar-refractivity contribution < 1.29 is 4.79 Å². The van der Waals surface area contributed by atoms with Crippen LogP contribution in [0.3, 0.4) is 0 Å². The van der Waals surface area contributed by atoms with Crippen LogP contribution in [-0.2, 0) is 17.6 Å². The molecule has 20 heavy (non-hydrogen) atoms. The number of nitrogens with one attached hydrogen (secondary N) is 2. The molecule has 1 aromatic rings. The SMILES string of the molecule is O=C(NCCNC1CCc2ccccc2CC1)C1CC1. The van der Waals surface area contributed by atoms with Crippen molar-refractivity contribution in [3.8, 4) is 0 Å². The van der Waals surface area contributed by atoms with Gasteiger partial charge in [-0.2, -0.15) is 0 Å². The van der Waals surface area contributed by atoms with Crippen molar-refractivity contribution in [2.75, 3.05) is 13.1 Å². The molecular formula is C17H24N2O. The van der Waals surface area contributed by atoms with Crippen LogP contribution in [0.4, 0.5) is 0 Å². The van der Waals surface area contributed by atoms with Gasteiger partial charge in [0, 0.05) is 25.0 Å². The van der Waals surface area contributed by atoms with Crippen molar-refractivity contribution >= 4 is 5.91 Å². The van der Waals surface area contributed by atoms with Crippen molar-refractivity contribution in [2.45, 2.75) is 44.6 Å². The molecule has 3 nitrogen and oxygen atoms in total. The van der Waals surface area contributed by atoms with E-state index in [-0.39, 0.29) is 5.91 Å². The summed E-state index contributed by atoms with van der Waals surface area (Å²) >= 11 is 0. The fourth-order valence-corrected chi connectivity index (χ4v) is 3.01. The van der Waals surface area contributed by atoms with Crippen LogP contribution >= 0.6 is 0 Å². The van der Waals surface area contributed by atoms with Gasteiger partial charge in [0.2, 0.25) is 5.91 Å². The third-order valence-corrected chi connectivity index (χ3v) is 4.45. The molecule has 0 unspecified atom stereocenters. The lowest BCUT2D eigenvalue weighted by atomic mass is 10.0. The Morgan fingerprint density at radius 1 is 1.00 bits per heavy atom. The summed E-state index contributed by atoms with van der Waals surface area (Å²) in [6.45, 7) is 1.65. The largest absolute Gasteiger partial charge is 0.355 e. The van der Waals surface area contributed by atoms with E-state index in [9.17, 15) is 4.79 Å². The molecule has 1 aromatic carbocycles. The maximum atomic E-state index is 11.5. The average molecular weight is 272 g/mol. The van der Waals surface area contributed by atoms with Gasteiger partial charge in [-0.05, 0) is 49.7 Å². The molecule has 1 saturated carbocycles. The van der Waals surface area contributed by atoms with Crippen molar-refractivity contribution in [1.29, 1.82) is 0 Å². The zero-order valence-electron chi connectivity index (χ0n) is 12.0. The molecule has 2 aliphatic rings. The first-order valence-corrected chi connectivity index (χ1v) is 7.91. The van der Waals surface area contributed by atoms with E-state index in [0.717, 1.165) is 25.9 Å². The van der Waals surface area contributed by atoms with Crippen LogP contribution in [0.5, 0.6) is 0 Å². The van der Waals surface area contributed by atoms with Gasteiger partial charge in [-0.25, -0.2) is 0 Å². The molecule has 0 spiro atoms. The summed E-state index contributed by atoms with van der Waals surface area (Å²) in [5.74, 6) is 0.572. The number of carbonyl (C=O) groups excluding carboxylic acids is 1. The van der Waals surface area contributed by atoms with Crippen LogP contribution in [0.1, 0.15) is 36.8 Å². The molecule has 0 aliphatic heterocycles. The Kier molecular flexibility index (Phi) is 4.36. The summed E-state index contributed by atoms with van der Waals surface area (Å²) < 4.78 is 0. The number of carbonyl (C=O) groups is 1. The van der Waals surface area contributed by atoms with Crippen LogP contribution in [0.15, 0.2) is 24.3 Å². The monoisotopic (exact) mass is 272 g/mol. The fourth-order valence-electron chi connectivity index (χ4n) is 3.01. The first-order chi connectivity index (χ1) is 9.83. The second kappa shape index (κ2) is 6.40. The minimum Gasteiger partial charge on any atom is -0.355 e. The summed E-state index contributed by atoms with van der Waals surface area (Å²) in [5, 5.41) is 6.61. The number of aryl methyl sites for hydroxylation is 2. The second-order valence-corrected chi connectivity index (χ2v) is 6.06. The molecule has 2 aliphatic carbocycles. The van der Waals surface area contributed by atoms with E-state index < -0.39 is 0 Å². The fraction of sp³-hybridized carbons (Fsp3) is 0.588. The Morgan fingerprint density at radius 3 is 2.25 bits per heavy atom. The Morgan fingerprint density at radius 2 is 1.65 bits per heavy atom. The lowest BCUT2D eigenvalue weighted by molar-refractivity contribution is -0.122. The molecule has 1 amide bonds. The molecule has 0 heterocycles. The minimum absolute atomic E-state index is 0.250. The highest BCUT2D eigenvalue weighted by Crippen LogP contribution is 2.28. The Labute approximate surface area is 121 Å². The number of amides is 1. The summed E-state index contributed by atoms with van der Waals surface area (Å²) in [7, 11) is 0. The van der Waals surface area contributed by atoms with E-state index in [1.54, 1.807) is 0 Å². The zero-order valence-corrected chi connectivity index (χ0v) is 12.0. The lowest BCUT2D eigenvalue weighted by Crippen LogP contribution is -2.37. The van der Waals surface area contributed by atoms with E-state index in [2.05, 4.69) is 34.9 Å². The van der Waals surface area contributed by atoms with Gasteiger partial charge in [-0.3, -0.25) is 4.79 Å². The number of fused-ring (bicyclic) bond motifs is 1. The summed E-state index contributed by atoms with van der Waals surface area (Å²) in [4.78, 5) is 11.5. The Balaban J connectivity index is 1.38. The van der Waals surface area contributed by atoms with Gasteiger partial charge in [0.25, 0.3) is 0 Å². The summed E-state index contributed by atoms with van der Waals surface area (Å²) in [5.41, 5.74) is 3.03. The van der Waals surface area contributed by atoms with Crippen LogP contribution < -0.4 is 10.6 Å². The van der Waals surface area contributed by atoms with Gasteiger partial charge >= 0.3 is 0 Å². The number of hydrogen-bond donors (Lipinski definition) is 2. The quantitative estimate of drug-likeness (QED) is 0.636. The van der Waals surface area contributed by atoms with Crippen molar-refractivity contribution in [3.05, 3.63) is 35.4 Å². The molecule has 0 aromatic heterocycles. The molecule has 0 saturated heterocycles. The summed E-state index contributed by atoms with van der Waals surface area (Å²) in [6.07, 6.45) is 6.91. The van der Waals surface area contributed by atoms with E-state index in [4.69, 9.17) is 0 Å². The highest BCUT2D eigenvalue weighted by molar-refractivity contribution is 5.80. The molecule has 2 N–H and O–H groups in total. The predicted molar refractivity (Wildman–Crippen MR) is 80.6 cm³/mol. The molecule has 3 rings (SSSR count). The summed E-state index contributed by atoms with van der Waals surface area (Å²) in [6, 6.07) is 9.38. The van der Waals surface area contributed by atoms with Gasteiger partial charge in [0.05, 0.1) is 0 Å². The number of benzene rings is 1. The van der Waals surface area contributed by atoms with Crippen LogP contribution in [-0.4, -0.2) is 25.0 Å². The minimum atomic E-state index is 0.250. The van der Waals surface area contributed by atoms with E-state index in [1.807, 2.05) is 0 Å². The number of rotatable bonds is 5. The molecular weight excluding hydrogens is 248 g/mol. The maximum Gasteiger partial charge on any atom is 0.223 e. The lowest BCUT2D eigenvalue weighted by Gasteiger charge is -2.16. The van der Waals surface area contributed by atoms with Crippen LogP contribution in [0, 0.1) is 5.92 Å². The Bertz CT molecular complexity index is 441. The van der Waals surface area contributed by atoms with E-state index >= 15 is 0 Å². The van der Waals surface area contributed by atoms with Gasteiger partial charge in [-0.15, -0.1) is 0 Å². The van der Waals surface area contributed by atoms with Gasteiger partial charge in [0.1, 0.15) is 0 Å². The normalized spacial score (nSPS) is 19.2. The van der Waals surface area contributed by atoms with Crippen molar-refractivity contribution in [1.82, 2.24) is 10.6 Å². The van der Waals surface area contributed by atoms with E-state index in [1.165, 1.54) is 36.8 Å². The topological polar surface area (TPSA) is 41.1 Å². The molecule has 1 fully saturated rings.